The highest BCUT2D eigenvalue weighted by atomic mass is 16.5. The molecule has 0 unspecified atom stereocenters. The normalized spacial score (nSPS) is 10.6. The predicted molar refractivity (Wildman–Crippen MR) is 93.2 cm³/mol. The van der Waals surface area contributed by atoms with E-state index in [2.05, 4.69) is 24.0 Å². The maximum absolute atomic E-state index is 11.8. The van der Waals surface area contributed by atoms with Crippen LogP contribution >= 0.6 is 0 Å². The smallest absolute Gasteiger partial charge is 0.339 e. The standard InChI is InChI=1S/C20H19NO3/c1-3-23-20(22)17-10-16-7-8-18(11-19(16)21-12-17)24-13-15-6-4-5-14(2)9-15/h4-12H,3,13H2,1-2H3. The van der Waals surface area contributed by atoms with Crippen LogP contribution in [0.15, 0.2) is 54.7 Å². The molecule has 2 aromatic carbocycles. The Bertz CT molecular complexity index is 874. The highest BCUT2D eigenvalue weighted by molar-refractivity contribution is 5.93. The number of ether oxygens (including phenoxy) is 2. The molecule has 1 aromatic heterocycles. The van der Waals surface area contributed by atoms with E-state index in [-0.39, 0.29) is 5.97 Å². The van der Waals surface area contributed by atoms with E-state index < -0.39 is 0 Å². The van der Waals surface area contributed by atoms with Gasteiger partial charge in [0.2, 0.25) is 0 Å². The van der Waals surface area contributed by atoms with Crippen molar-refractivity contribution in [2.75, 3.05) is 6.61 Å². The van der Waals surface area contributed by atoms with E-state index in [0.29, 0.717) is 18.8 Å². The first-order valence-electron chi connectivity index (χ1n) is 7.91. The summed E-state index contributed by atoms with van der Waals surface area (Å²) in [5.74, 6) is 0.395. The number of aromatic nitrogens is 1. The SMILES string of the molecule is CCOC(=O)c1cnc2cc(OCc3cccc(C)c3)ccc2c1. The van der Waals surface area contributed by atoms with Gasteiger partial charge in [-0.15, -0.1) is 0 Å². The lowest BCUT2D eigenvalue weighted by atomic mass is 10.1. The summed E-state index contributed by atoms with van der Waals surface area (Å²) in [4.78, 5) is 16.1. The molecule has 1 heterocycles. The van der Waals surface area contributed by atoms with Gasteiger partial charge in [0, 0.05) is 17.6 Å². The van der Waals surface area contributed by atoms with E-state index in [9.17, 15) is 4.79 Å². The molecule has 0 aliphatic rings. The zero-order valence-corrected chi connectivity index (χ0v) is 13.8. The molecule has 4 heteroatoms. The Hall–Kier alpha value is -2.88. The maximum Gasteiger partial charge on any atom is 0.339 e. The number of fused-ring (bicyclic) bond motifs is 1. The summed E-state index contributed by atoms with van der Waals surface area (Å²) in [6, 6.07) is 15.7. The molecule has 4 nitrogen and oxygen atoms in total. The van der Waals surface area contributed by atoms with Crippen LogP contribution in [0.2, 0.25) is 0 Å². The molecular formula is C20H19NO3. The Morgan fingerprint density at radius 1 is 1.12 bits per heavy atom. The second-order valence-corrected chi connectivity index (χ2v) is 5.58. The van der Waals surface area contributed by atoms with Gasteiger partial charge in [-0.3, -0.25) is 4.98 Å². The minimum atomic E-state index is -0.355. The molecule has 0 saturated carbocycles. The van der Waals surface area contributed by atoms with Crippen molar-refractivity contribution in [2.24, 2.45) is 0 Å². The lowest BCUT2D eigenvalue weighted by molar-refractivity contribution is 0.0526. The van der Waals surface area contributed by atoms with Crippen LogP contribution in [0.25, 0.3) is 10.9 Å². The minimum Gasteiger partial charge on any atom is -0.489 e. The van der Waals surface area contributed by atoms with Gasteiger partial charge < -0.3 is 9.47 Å². The van der Waals surface area contributed by atoms with Crippen LogP contribution in [0.3, 0.4) is 0 Å². The van der Waals surface area contributed by atoms with Crippen LogP contribution in [0, 0.1) is 6.92 Å². The van der Waals surface area contributed by atoms with Gasteiger partial charge >= 0.3 is 5.97 Å². The average molecular weight is 321 g/mol. The first kappa shape index (κ1) is 16.0. The van der Waals surface area contributed by atoms with Gasteiger partial charge in [0.05, 0.1) is 17.7 Å². The second kappa shape index (κ2) is 7.13. The first-order valence-corrected chi connectivity index (χ1v) is 7.91. The van der Waals surface area contributed by atoms with Crippen molar-refractivity contribution in [2.45, 2.75) is 20.5 Å². The van der Waals surface area contributed by atoms with Crippen molar-refractivity contribution < 1.29 is 14.3 Å². The minimum absolute atomic E-state index is 0.350. The molecule has 0 atom stereocenters. The average Bonchev–Trinajstić information content (AvgIpc) is 2.59. The van der Waals surface area contributed by atoms with Gasteiger partial charge in [-0.25, -0.2) is 4.79 Å². The number of aryl methyl sites for hydroxylation is 1. The number of nitrogens with zero attached hydrogens (tertiary/aromatic N) is 1. The summed E-state index contributed by atoms with van der Waals surface area (Å²) in [6.07, 6.45) is 1.53. The molecule has 0 saturated heterocycles. The molecule has 0 N–H and O–H groups in total. The van der Waals surface area contributed by atoms with Crippen molar-refractivity contribution in [1.29, 1.82) is 0 Å². The van der Waals surface area contributed by atoms with Crippen LogP contribution in [0.1, 0.15) is 28.4 Å². The fourth-order valence-electron chi connectivity index (χ4n) is 2.49. The molecule has 0 radical (unpaired) electrons. The van der Waals surface area contributed by atoms with E-state index in [4.69, 9.17) is 9.47 Å². The summed E-state index contributed by atoms with van der Waals surface area (Å²) < 4.78 is 10.8. The number of carbonyl (C=O) groups excluding carboxylic acids is 1. The zero-order chi connectivity index (χ0) is 16.9. The summed E-state index contributed by atoms with van der Waals surface area (Å²) in [7, 11) is 0. The van der Waals surface area contributed by atoms with Crippen molar-refractivity contribution in [3.8, 4) is 5.75 Å². The second-order valence-electron chi connectivity index (χ2n) is 5.58. The number of pyridine rings is 1. The van der Waals surface area contributed by atoms with E-state index in [1.165, 1.54) is 11.8 Å². The number of carbonyl (C=O) groups is 1. The molecular weight excluding hydrogens is 302 g/mol. The molecule has 0 aliphatic heterocycles. The Balaban J connectivity index is 1.76. The monoisotopic (exact) mass is 321 g/mol. The van der Waals surface area contributed by atoms with Crippen LogP contribution < -0.4 is 4.74 Å². The largest absolute Gasteiger partial charge is 0.489 e. The van der Waals surface area contributed by atoms with Crippen LogP contribution in [-0.2, 0) is 11.3 Å². The molecule has 0 spiro atoms. The molecule has 0 bridgehead atoms. The van der Waals surface area contributed by atoms with Gasteiger partial charge in [-0.2, -0.15) is 0 Å². The quantitative estimate of drug-likeness (QED) is 0.657. The molecule has 0 amide bonds. The van der Waals surface area contributed by atoms with Crippen molar-refractivity contribution >= 4 is 16.9 Å². The van der Waals surface area contributed by atoms with Gasteiger partial charge in [0.1, 0.15) is 12.4 Å². The van der Waals surface area contributed by atoms with Crippen LogP contribution in [-0.4, -0.2) is 17.6 Å². The summed E-state index contributed by atoms with van der Waals surface area (Å²) in [5.41, 5.74) is 3.58. The Morgan fingerprint density at radius 3 is 2.79 bits per heavy atom. The molecule has 0 aliphatic carbocycles. The molecule has 3 aromatic rings. The van der Waals surface area contributed by atoms with E-state index in [1.54, 1.807) is 13.0 Å². The fourth-order valence-corrected chi connectivity index (χ4v) is 2.49. The predicted octanol–water partition coefficient (Wildman–Crippen LogP) is 4.30. The van der Waals surface area contributed by atoms with Crippen molar-refractivity contribution in [1.82, 2.24) is 4.98 Å². The third kappa shape index (κ3) is 3.71. The fraction of sp³-hybridized carbons (Fsp3) is 0.200. The van der Waals surface area contributed by atoms with E-state index >= 15 is 0 Å². The Kier molecular flexibility index (Phi) is 4.75. The molecule has 3 rings (SSSR count). The Morgan fingerprint density at radius 2 is 2.00 bits per heavy atom. The first-order chi connectivity index (χ1) is 11.7. The third-order valence-corrected chi connectivity index (χ3v) is 3.65. The number of hydrogen-bond acceptors (Lipinski definition) is 4. The van der Waals surface area contributed by atoms with Gasteiger partial charge in [-0.05, 0) is 37.6 Å². The Labute approximate surface area is 141 Å². The van der Waals surface area contributed by atoms with Gasteiger partial charge in [0.25, 0.3) is 0 Å². The molecule has 0 fully saturated rings. The summed E-state index contributed by atoms with van der Waals surface area (Å²) in [5, 5.41) is 0.878. The topological polar surface area (TPSA) is 48.4 Å². The van der Waals surface area contributed by atoms with Crippen LogP contribution in [0.4, 0.5) is 0 Å². The maximum atomic E-state index is 11.8. The van der Waals surface area contributed by atoms with Gasteiger partial charge in [-0.1, -0.05) is 29.8 Å². The summed E-state index contributed by atoms with van der Waals surface area (Å²) >= 11 is 0. The zero-order valence-electron chi connectivity index (χ0n) is 13.8. The van der Waals surface area contributed by atoms with Crippen LogP contribution in [0.5, 0.6) is 5.75 Å². The lowest BCUT2D eigenvalue weighted by Crippen LogP contribution is -2.05. The van der Waals surface area contributed by atoms with E-state index in [1.807, 2.05) is 30.3 Å². The number of esters is 1. The number of rotatable bonds is 5. The lowest BCUT2D eigenvalue weighted by Gasteiger charge is -2.08. The van der Waals surface area contributed by atoms with Crippen molar-refractivity contribution in [3.05, 3.63) is 71.4 Å². The number of benzene rings is 2. The summed E-state index contributed by atoms with van der Waals surface area (Å²) in [6.45, 7) is 4.70. The van der Waals surface area contributed by atoms with Gasteiger partial charge in [0.15, 0.2) is 0 Å². The number of hydrogen-bond donors (Lipinski definition) is 0. The molecule has 24 heavy (non-hydrogen) atoms. The third-order valence-electron chi connectivity index (χ3n) is 3.65. The highest BCUT2D eigenvalue weighted by Crippen LogP contribution is 2.21. The van der Waals surface area contributed by atoms with Crippen molar-refractivity contribution in [3.63, 3.8) is 0 Å². The molecule has 122 valence electrons. The highest BCUT2D eigenvalue weighted by Gasteiger charge is 2.08. The van der Waals surface area contributed by atoms with E-state index in [0.717, 1.165) is 22.2 Å².